The molecule has 0 bridgehead atoms. The Morgan fingerprint density at radius 1 is 1.15 bits per heavy atom. The maximum atomic E-state index is 11.8. The molecule has 0 spiro atoms. The van der Waals surface area contributed by atoms with Crippen LogP contribution in [0, 0.1) is 6.92 Å². The molecule has 3 nitrogen and oxygen atoms in total. The summed E-state index contributed by atoms with van der Waals surface area (Å²) >= 11 is 0. The van der Waals surface area contributed by atoms with E-state index in [1.54, 1.807) is 18.2 Å². The van der Waals surface area contributed by atoms with Gasteiger partial charge in [-0.25, -0.2) is 0 Å². The van der Waals surface area contributed by atoms with Crippen molar-refractivity contribution in [2.75, 3.05) is 0 Å². The van der Waals surface area contributed by atoms with Crippen molar-refractivity contribution in [3.05, 3.63) is 65.2 Å². The molecule has 0 aliphatic heterocycles. The fourth-order valence-corrected chi connectivity index (χ4v) is 2.09. The van der Waals surface area contributed by atoms with Crippen LogP contribution in [-0.2, 0) is 17.8 Å². The van der Waals surface area contributed by atoms with Crippen molar-refractivity contribution in [3.8, 4) is 5.75 Å². The van der Waals surface area contributed by atoms with Gasteiger partial charge in [0.25, 0.3) is 0 Å². The van der Waals surface area contributed by atoms with Gasteiger partial charge in [0.2, 0.25) is 5.91 Å². The summed E-state index contributed by atoms with van der Waals surface area (Å²) in [5.74, 6) is 0.244. The third-order valence-corrected chi connectivity index (χ3v) is 3.28. The number of phenols is 1. The highest BCUT2D eigenvalue weighted by atomic mass is 16.3. The molecular weight excluding hydrogens is 250 g/mol. The average molecular weight is 269 g/mol. The Morgan fingerprint density at radius 3 is 2.70 bits per heavy atom. The lowest BCUT2D eigenvalue weighted by Gasteiger charge is -2.07. The molecule has 0 unspecified atom stereocenters. The quantitative estimate of drug-likeness (QED) is 0.876. The third-order valence-electron chi connectivity index (χ3n) is 3.28. The molecule has 0 aromatic heterocycles. The van der Waals surface area contributed by atoms with Crippen molar-refractivity contribution in [2.24, 2.45) is 0 Å². The summed E-state index contributed by atoms with van der Waals surface area (Å²) in [6, 6.07) is 15.0. The van der Waals surface area contributed by atoms with Gasteiger partial charge in [0, 0.05) is 13.0 Å². The van der Waals surface area contributed by atoms with E-state index in [0.29, 0.717) is 13.0 Å². The number of hydrogen-bond acceptors (Lipinski definition) is 2. The molecule has 0 fully saturated rings. The van der Waals surface area contributed by atoms with E-state index in [2.05, 4.69) is 24.4 Å². The second-order valence-electron chi connectivity index (χ2n) is 4.87. The van der Waals surface area contributed by atoms with Crippen molar-refractivity contribution in [1.82, 2.24) is 5.32 Å². The third kappa shape index (κ3) is 4.12. The first kappa shape index (κ1) is 14.1. The van der Waals surface area contributed by atoms with E-state index in [-0.39, 0.29) is 11.7 Å². The van der Waals surface area contributed by atoms with E-state index >= 15 is 0 Å². The molecule has 104 valence electrons. The number of aromatic hydroxyl groups is 1. The zero-order valence-corrected chi connectivity index (χ0v) is 11.6. The molecule has 0 heterocycles. The number of benzene rings is 2. The van der Waals surface area contributed by atoms with Gasteiger partial charge in [-0.1, -0.05) is 36.4 Å². The Bertz CT molecular complexity index is 593. The van der Waals surface area contributed by atoms with E-state index in [9.17, 15) is 9.90 Å². The maximum absolute atomic E-state index is 11.8. The summed E-state index contributed by atoms with van der Waals surface area (Å²) in [5, 5.41) is 12.2. The van der Waals surface area contributed by atoms with Crippen molar-refractivity contribution in [3.63, 3.8) is 0 Å². The van der Waals surface area contributed by atoms with Crippen molar-refractivity contribution in [2.45, 2.75) is 26.3 Å². The molecule has 3 heteroatoms. The number of hydrogen-bond donors (Lipinski definition) is 2. The first-order chi connectivity index (χ1) is 9.65. The van der Waals surface area contributed by atoms with Gasteiger partial charge >= 0.3 is 0 Å². The van der Waals surface area contributed by atoms with Crippen molar-refractivity contribution >= 4 is 5.91 Å². The highest BCUT2D eigenvalue weighted by Crippen LogP contribution is 2.11. The summed E-state index contributed by atoms with van der Waals surface area (Å²) in [4.78, 5) is 11.8. The molecule has 0 saturated heterocycles. The number of carbonyl (C=O) groups excluding carboxylic acids is 1. The van der Waals surface area contributed by atoms with Crippen LogP contribution < -0.4 is 5.32 Å². The number of phenolic OH excluding ortho intramolecular Hbond substituents is 1. The van der Waals surface area contributed by atoms with Gasteiger partial charge in [0.05, 0.1) is 0 Å². The first-order valence-electron chi connectivity index (χ1n) is 6.74. The number of rotatable bonds is 5. The minimum atomic E-state index is 0.0246. The average Bonchev–Trinajstić information content (AvgIpc) is 2.44. The summed E-state index contributed by atoms with van der Waals surface area (Å²) in [6.45, 7) is 2.50. The summed E-state index contributed by atoms with van der Waals surface area (Å²) in [7, 11) is 0. The number of nitrogens with one attached hydrogen (secondary N) is 1. The van der Waals surface area contributed by atoms with Gasteiger partial charge in [-0.15, -0.1) is 0 Å². The van der Waals surface area contributed by atoms with Crippen molar-refractivity contribution < 1.29 is 9.90 Å². The highest BCUT2D eigenvalue weighted by molar-refractivity contribution is 5.76. The minimum Gasteiger partial charge on any atom is -0.508 e. The Morgan fingerprint density at radius 2 is 1.95 bits per heavy atom. The zero-order chi connectivity index (χ0) is 14.4. The van der Waals surface area contributed by atoms with Gasteiger partial charge in [-0.2, -0.15) is 0 Å². The van der Waals surface area contributed by atoms with Crippen LogP contribution in [0.1, 0.15) is 23.1 Å². The molecule has 0 radical (unpaired) electrons. The summed E-state index contributed by atoms with van der Waals surface area (Å²) < 4.78 is 0. The maximum Gasteiger partial charge on any atom is 0.220 e. The lowest BCUT2D eigenvalue weighted by molar-refractivity contribution is -0.121. The van der Waals surface area contributed by atoms with E-state index in [0.717, 1.165) is 12.0 Å². The lowest BCUT2D eigenvalue weighted by Crippen LogP contribution is -2.23. The normalized spacial score (nSPS) is 10.2. The molecule has 1 amide bonds. The molecule has 2 aromatic rings. The molecule has 2 N–H and O–H groups in total. The first-order valence-corrected chi connectivity index (χ1v) is 6.74. The molecule has 0 saturated carbocycles. The van der Waals surface area contributed by atoms with Gasteiger partial charge in [-0.05, 0) is 42.2 Å². The SMILES string of the molecule is Cc1ccccc1CCC(=O)NCc1cccc(O)c1. The van der Waals surface area contributed by atoms with E-state index in [1.807, 2.05) is 18.2 Å². The second-order valence-corrected chi connectivity index (χ2v) is 4.87. The van der Waals surface area contributed by atoms with Crippen LogP contribution in [0.4, 0.5) is 0 Å². The Balaban J connectivity index is 1.80. The molecule has 20 heavy (non-hydrogen) atoms. The predicted molar refractivity (Wildman–Crippen MR) is 79.5 cm³/mol. The second kappa shape index (κ2) is 6.75. The molecular formula is C17H19NO2. The smallest absolute Gasteiger partial charge is 0.220 e. The standard InChI is InChI=1S/C17H19NO2/c1-13-5-2-3-7-15(13)9-10-17(20)18-12-14-6-4-8-16(19)11-14/h2-8,11,19H,9-10,12H2,1H3,(H,18,20). The van der Waals surface area contributed by atoms with E-state index < -0.39 is 0 Å². The zero-order valence-electron chi connectivity index (χ0n) is 11.6. The van der Waals surface area contributed by atoms with Crippen LogP contribution in [0.3, 0.4) is 0 Å². The Kier molecular flexibility index (Phi) is 4.77. The molecule has 0 aliphatic carbocycles. The minimum absolute atomic E-state index is 0.0246. The summed E-state index contributed by atoms with van der Waals surface area (Å²) in [5.41, 5.74) is 3.32. The fraction of sp³-hybridized carbons (Fsp3) is 0.235. The number of aryl methyl sites for hydroxylation is 2. The Hall–Kier alpha value is -2.29. The van der Waals surface area contributed by atoms with Crippen LogP contribution in [-0.4, -0.2) is 11.0 Å². The predicted octanol–water partition coefficient (Wildman–Crippen LogP) is 2.95. The monoisotopic (exact) mass is 269 g/mol. The van der Waals surface area contributed by atoms with Gasteiger partial charge in [-0.3, -0.25) is 4.79 Å². The van der Waals surface area contributed by atoms with Gasteiger partial charge in [0.1, 0.15) is 5.75 Å². The number of amides is 1. The van der Waals surface area contributed by atoms with Crippen LogP contribution in [0.15, 0.2) is 48.5 Å². The largest absolute Gasteiger partial charge is 0.508 e. The van der Waals surface area contributed by atoms with Crippen LogP contribution in [0.25, 0.3) is 0 Å². The lowest BCUT2D eigenvalue weighted by atomic mass is 10.0. The van der Waals surface area contributed by atoms with E-state index in [1.165, 1.54) is 11.1 Å². The van der Waals surface area contributed by atoms with Crippen LogP contribution in [0.5, 0.6) is 5.75 Å². The van der Waals surface area contributed by atoms with E-state index in [4.69, 9.17) is 0 Å². The van der Waals surface area contributed by atoms with Gasteiger partial charge in [0.15, 0.2) is 0 Å². The van der Waals surface area contributed by atoms with Crippen LogP contribution in [0.2, 0.25) is 0 Å². The molecule has 0 atom stereocenters. The molecule has 2 rings (SSSR count). The highest BCUT2D eigenvalue weighted by Gasteiger charge is 2.04. The Labute approximate surface area is 119 Å². The van der Waals surface area contributed by atoms with Crippen molar-refractivity contribution in [1.29, 1.82) is 0 Å². The molecule has 2 aromatic carbocycles. The van der Waals surface area contributed by atoms with Crippen LogP contribution >= 0.6 is 0 Å². The van der Waals surface area contributed by atoms with Gasteiger partial charge < -0.3 is 10.4 Å². The fourth-order valence-electron chi connectivity index (χ4n) is 2.09. The summed E-state index contributed by atoms with van der Waals surface area (Å²) in [6.07, 6.45) is 1.22. The molecule has 0 aliphatic rings. The number of carbonyl (C=O) groups is 1. The topological polar surface area (TPSA) is 49.3 Å².